The van der Waals surface area contributed by atoms with E-state index in [0.717, 1.165) is 30.9 Å². The zero-order chi connectivity index (χ0) is 13.3. The highest BCUT2D eigenvalue weighted by Gasteiger charge is 2.09. The summed E-state index contributed by atoms with van der Waals surface area (Å²) in [6.45, 7) is 3.90. The molecule has 1 fully saturated rings. The molecule has 1 aromatic rings. The van der Waals surface area contributed by atoms with Crippen molar-refractivity contribution < 1.29 is 9.84 Å². The Hall–Kier alpha value is -1.15. The summed E-state index contributed by atoms with van der Waals surface area (Å²) in [5.74, 6) is 8.82. The Morgan fingerprint density at radius 3 is 2.95 bits per heavy atom. The first-order valence-electron chi connectivity index (χ1n) is 6.51. The minimum absolute atomic E-state index is 0.113. The smallest absolute Gasteiger partial charge is 0.120 e. The van der Waals surface area contributed by atoms with Crippen LogP contribution in [0.2, 0.25) is 0 Å². The van der Waals surface area contributed by atoms with Crippen LogP contribution in [0.3, 0.4) is 0 Å². The van der Waals surface area contributed by atoms with Gasteiger partial charge in [0.1, 0.15) is 19.0 Å². The summed E-state index contributed by atoms with van der Waals surface area (Å²) in [5, 5.41) is 8.67. The predicted octanol–water partition coefficient (Wildman–Crippen LogP) is 1.46. The highest BCUT2D eigenvalue weighted by Crippen LogP contribution is 2.13. The molecule has 102 valence electrons. The van der Waals surface area contributed by atoms with E-state index in [4.69, 9.17) is 9.84 Å². The average Bonchev–Trinajstić information content (AvgIpc) is 2.47. The Balaban J connectivity index is 1.78. The van der Waals surface area contributed by atoms with Crippen molar-refractivity contribution in [3.05, 3.63) is 29.8 Å². The van der Waals surface area contributed by atoms with Crippen LogP contribution < -0.4 is 4.74 Å². The lowest BCUT2D eigenvalue weighted by Crippen LogP contribution is -2.35. The third-order valence-electron chi connectivity index (χ3n) is 2.93. The summed E-state index contributed by atoms with van der Waals surface area (Å²) in [7, 11) is 0. The van der Waals surface area contributed by atoms with Gasteiger partial charge < -0.3 is 9.84 Å². The quantitative estimate of drug-likeness (QED) is 0.845. The number of nitrogens with zero attached hydrogens (tertiary/aromatic N) is 1. The van der Waals surface area contributed by atoms with Crippen LogP contribution in [0.25, 0.3) is 0 Å². The molecule has 0 saturated carbocycles. The molecule has 0 aliphatic carbocycles. The molecule has 0 amide bonds. The fourth-order valence-electron chi connectivity index (χ4n) is 1.92. The maximum absolute atomic E-state index is 8.67. The van der Waals surface area contributed by atoms with Crippen LogP contribution in [-0.4, -0.2) is 54.4 Å². The summed E-state index contributed by atoms with van der Waals surface area (Å²) in [4.78, 5) is 2.44. The Kier molecular flexibility index (Phi) is 6.09. The van der Waals surface area contributed by atoms with Crippen LogP contribution in [0, 0.1) is 11.8 Å². The molecule has 1 N–H and O–H groups in total. The number of aliphatic hydroxyl groups is 1. The summed E-state index contributed by atoms with van der Waals surface area (Å²) < 4.78 is 5.75. The standard InChI is InChI=1S/C15H19NO2S/c17-9-2-4-14-3-1-5-15(13-14)18-10-6-16-7-11-19-12-8-16/h1,3,5,13,17H,6-12H2. The Labute approximate surface area is 118 Å². The minimum atomic E-state index is -0.113. The van der Waals surface area contributed by atoms with Crippen molar-refractivity contribution in [3.8, 4) is 17.6 Å². The Morgan fingerprint density at radius 2 is 2.16 bits per heavy atom. The third kappa shape index (κ3) is 5.15. The lowest BCUT2D eigenvalue weighted by Gasteiger charge is -2.25. The van der Waals surface area contributed by atoms with E-state index in [0.29, 0.717) is 6.61 Å². The minimum Gasteiger partial charge on any atom is -0.492 e. The maximum Gasteiger partial charge on any atom is 0.120 e. The lowest BCUT2D eigenvalue weighted by molar-refractivity contribution is 0.222. The van der Waals surface area contributed by atoms with E-state index in [1.807, 2.05) is 36.0 Å². The van der Waals surface area contributed by atoms with Gasteiger partial charge in [0.25, 0.3) is 0 Å². The zero-order valence-electron chi connectivity index (χ0n) is 11.0. The molecule has 1 heterocycles. The molecule has 19 heavy (non-hydrogen) atoms. The third-order valence-corrected chi connectivity index (χ3v) is 3.87. The SMILES string of the molecule is OCC#Cc1cccc(OCCN2CCSCC2)c1. The van der Waals surface area contributed by atoms with Gasteiger partial charge in [0.2, 0.25) is 0 Å². The van der Waals surface area contributed by atoms with Gasteiger partial charge in [-0.2, -0.15) is 11.8 Å². The van der Waals surface area contributed by atoms with Crippen LogP contribution in [0.1, 0.15) is 5.56 Å². The normalized spacial score (nSPS) is 15.6. The molecule has 0 aromatic heterocycles. The zero-order valence-corrected chi connectivity index (χ0v) is 11.8. The van der Waals surface area contributed by atoms with Gasteiger partial charge in [-0.05, 0) is 18.2 Å². The lowest BCUT2D eigenvalue weighted by atomic mass is 10.2. The van der Waals surface area contributed by atoms with Crippen LogP contribution in [0.5, 0.6) is 5.75 Å². The molecular weight excluding hydrogens is 258 g/mol. The Bertz CT molecular complexity index is 447. The van der Waals surface area contributed by atoms with Gasteiger partial charge in [-0.3, -0.25) is 4.90 Å². The fraction of sp³-hybridized carbons (Fsp3) is 0.467. The molecule has 0 atom stereocenters. The van der Waals surface area contributed by atoms with Crippen molar-refractivity contribution in [2.45, 2.75) is 0 Å². The van der Waals surface area contributed by atoms with Gasteiger partial charge in [0.05, 0.1) is 0 Å². The second kappa shape index (κ2) is 8.11. The first-order chi connectivity index (χ1) is 9.38. The van der Waals surface area contributed by atoms with Crippen molar-refractivity contribution in [2.75, 3.05) is 44.4 Å². The van der Waals surface area contributed by atoms with Gasteiger partial charge in [-0.1, -0.05) is 17.9 Å². The van der Waals surface area contributed by atoms with Gasteiger partial charge in [0.15, 0.2) is 0 Å². The highest BCUT2D eigenvalue weighted by molar-refractivity contribution is 7.99. The van der Waals surface area contributed by atoms with Crippen LogP contribution >= 0.6 is 11.8 Å². The molecule has 1 saturated heterocycles. The summed E-state index contributed by atoms with van der Waals surface area (Å²) in [6, 6.07) is 7.69. The van der Waals surface area contributed by atoms with E-state index in [9.17, 15) is 0 Å². The van der Waals surface area contributed by atoms with Gasteiger partial charge >= 0.3 is 0 Å². The monoisotopic (exact) mass is 277 g/mol. The van der Waals surface area contributed by atoms with Crippen LogP contribution in [0.4, 0.5) is 0 Å². The van der Waals surface area contributed by atoms with Crippen molar-refractivity contribution in [1.82, 2.24) is 4.90 Å². The van der Waals surface area contributed by atoms with E-state index in [2.05, 4.69) is 16.7 Å². The number of ether oxygens (including phenoxy) is 1. The second-order valence-corrected chi connectivity index (χ2v) is 5.51. The number of hydrogen-bond acceptors (Lipinski definition) is 4. The van der Waals surface area contributed by atoms with Gasteiger partial charge in [0, 0.05) is 36.7 Å². The maximum atomic E-state index is 8.67. The first kappa shape index (κ1) is 14.3. The van der Waals surface area contributed by atoms with E-state index in [1.165, 1.54) is 11.5 Å². The number of rotatable bonds is 4. The van der Waals surface area contributed by atoms with Gasteiger partial charge in [-0.15, -0.1) is 0 Å². The highest BCUT2D eigenvalue weighted by atomic mass is 32.2. The molecule has 1 aliphatic heterocycles. The van der Waals surface area contributed by atoms with Crippen molar-refractivity contribution in [3.63, 3.8) is 0 Å². The van der Waals surface area contributed by atoms with Crippen molar-refractivity contribution in [2.24, 2.45) is 0 Å². The van der Waals surface area contributed by atoms with E-state index in [1.54, 1.807) is 0 Å². The first-order valence-corrected chi connectivity index (χ1v) is 7.66. The number of thioether (sulfide) groups is 1. The summed E-state index contributed by atoms with van der Waals surface area (Å²) in [5.41, 5.74) is 0.876. The van der Waals surface area contributed by atoms with Crippen molar-refractivity contribution in [1.29, 1.82) is 0 Å². The molecule has 1 aliphatic rings. The largest absolute Gasteiger partial charge is 0.492 e. The topological polar surface area (TPSA) is 32.7 Å². The second-order valence-electron chi connectivity index (χ2n) is 4.29. The average molecular weight is 277 g/mol. The predicted molar refractivity (Wildman–Crippen MR) is 79.7 cm³/mol. The molecule has 0 unspecified atom stereocenters. The molecule has 0 bridgehead atoms. The molecule has 0 radical (unpaired) electrons. The molecule has 4 heteroatoms. The summed E-state index contributed by atoms with van der Waals surface area (Å²) in [6.07, 6.45) is 0. The molecule has 1 aromatic carbocycles. The Morgan fingerprint density at radius 1 is 1.32 bits per heavy atom. The molecule has 2 rings (SSSR count). The van der Waals surface area contributed by atoms with E-state index < -0.39 is 0 Å². The number of benzene rings is 1. The number of hydrogen-bond donors (Lipinski definition) is 1. The number of aliphatic hydroxyl groups excluding tert-OH is 1. The summed E-state index contributed by atoms with van der Waals surface area (Å²) >= 11 is 2.02. The van der Waals surface area contributed by atoms with Crippen LogP contribution in [0.15, 0.2) is 24.3 Å². The van der Waals surface area contributed by atoms with Crippen molar-refractivity contribution >= 4 is 11.8 Å². The van der Waals surface area contributed by atoms with E-state index >= 15 is 0 Å². The van der Waals surface area contributed by atoms with Crippen LogP contribution in [-0.2, 0) is 0 Å². The molecular formula is C15H19NO2S. The fourth-order valence-corrected chi connectivity index (χ4v) is 2.90. The molecule has 0 spiro atoms. The molecule has 3 nitrogen and oxygen atoms in total. The van der Waals surface area contributed by atoms with Gasteiger partial charge in [-0.25, -0.2) is 0 Å². The van der Waals surface area contributed by atoms with E-state index in [-0.39, 0.29) is 6.61 Å².